The number of benzene rings is 2. The van der Waals surface area contributed by atoms with Crippen LogP contribution in [0.1, 0.15) is 36.5 Å². The van der Waals surface area contributed by atoms with Gasteiger partial charge in [-0.05, 0) is 59.2 Å². The van der Waals surface area contributed by atoms with Crippen LogP contribution < -0.4 is 18.9 Å². The van der Waals surface area contributed by atoms with Gasteiger partial charge in [0.2, 0.25) is 13.6 Å². The highest BCUT2D eigenvalue weighted by Gasteiger charge is 2.35. The predicted molar refractivity (Wildman–Crippen MR) is 89.0 cm³/mol. The van der Waals surface area contributed by atoms with E-state index in [1.54, 1.807) is 0 Å². The quantitative estimate of drug-likeness (QED) is 0.791. The second-order valence-electron chi connectivity index (χ2n) is 7.04. The monoisotopic (exact) mass is 324 g/mol. The van der Waals surface area contributed by atoms with Crippen molar-refractivity contribution in [3.05, 3.63) is 47.0 Å². The molecule has 3 aliphatic rings. The molecule has 5 rings (SSSR count). The first-order chi connectivity index (χ1) is 11.7. The van der Waals surface area contributed by atoms with Gasteiger partial charge in [0.25, 0.3) is 0 Å². The molecule has 4 nitrogen and oxygen atoms in total. The lowest BCUT2D eigenvalue weighted by Crippen LogP contribution is -2.26. The van der Waals surface area contributed by atoms with Crippen LogP contribution in [0.25, 0.3) is 0 Å². The summed E-state index contributed by atoms with van der Waals surface area (Å²) in [5, 5.41) is 0. The summed E-state index contributed by atoms with van der Waals surface area (Å²) < 4.78 is 22.2. The van der Waals surface area contributed by atoms with Crippen LogP contribution in [0.2, 0.25) is 0 Å². The Kier molecular flexibility index (Phi) is 2.96. The lowest BCUT2D eigenvalue weighted by molar-refractivity contribution is 0.173. The Labute approximate surface area is 141 Å². The maximum absolute atomic E-state index is 5.62. The zero-order chi connectivity index (χ0) is 16.3. The standard InChI is InChI=1S/C20H20O4/c1-11-5-14-7-18-19(24-10-23-18)8-15(14)20(12(11)2)13-3-4-16-17(6-13)22-9-21-16/h3-4,6-8,11-12,20H,5,9-10H2,1-2H3/t11-,12+,20+/m1/s1. The molecule has 0 saturated carbocycles. The summed E-state index contributed by atoms with van der Waals surface area (Å²) in [7, 11) is 0. The van der Waals surface area contributed by atoms with Gasteiger partial charge in [-0.3, -0.25) is 0 Å². The fraction of sp³-hybridized carbons (Fsp3) is 0.400. The van der Waals surface area contributed by atoms with Gasteiger partial charge in [0.15, 0.2) is 23.0 Å². The van der Waals surface area contributed by atoms with E-state index < -0.39 is 0 Å². The minimum absolute atomic E-state index is 0.310. The first kappa shape index (κ1) is 14.0. The molecule has 0 aromatic heterocycles. The second kappa shape index (κ2) is 5.07. The Balaban J connectivity index is 1.65. The highest BCUT2D eigenvalue weighted by Crippen LogP contribution is 2.49. The molecule has 0 radical (unpaired) electrons. The zero-order valence-corrected chi connectivity index (χ0v) is 13.9. The molecule has 2 aliphatic heterocycles. The fourth-order valence-corrected chi connectivity index (χ4v) is 4.20. The summed E-state index contributed by atoms with van der Waals surface area (Å²) in [6.07, 6.45) is 1.08. The van der Waals surface area contributed by atoms with E-state index in [0.29, 0.717) is 31.3 Å². The molecule has 0 bridgehead atoms. The van der Waals surface area contributed by atoms with Crippen LogP contribution in [-0.2, 0) is 6.42 Å². The summed E-state index contributed by atoms with van der Waals surface area (Å²) in [6, 6.07) is 10.7. The number of hydrogen-bond donors (Lipinski definition) is 0. The van der Waals surface area contributed by atoms with Crippen molar-refractivity contribution in [3.8, 4) is 23.0 Å². The van der Waals surface area contributed by atoms with Gasteiger partial charge >= 0.3 is 0 Å². The van der Waals surface area contributed by atoms with Crippen molar-refractivity contribution in [2.45, 2.75) is 26.2 Å². The maximum atomic E-state index is 5.62. The van der Waals surface area contributed by atoms with Crippen LogP contribution in [0.3, 0.4) is 0 Å². The van der Waals surface area contributed by atoms with E-state index >= 15 is 0 Å². The van der Waals surface area contributed by atoms with Crippen molar-refractivity contribution in [1.82, 2.24) is 0 Å². The van der Waals surface area contributed by atoms with Crippen LogP contribution in [0, 0.1) is 11.8 Å². The van der Waals surface area contributed by atoms with Crippen LogP contribution in [0.15, 0.2) is 30.3 Å². The predicted octanol–water partition coefficient (Wildman–Crippen LogP) is 4.10. The molecule has 4 heteroatoms. The average molecular weight is 324 g/mol. The van der Waals surface area contributed by atoms with Crippen molar-refractivity contribution in [2.24, 2.45) is 11.8 Å². The molecule has 0 N–H and O–H groups in total. The SMILES string of the molecule is C[C@@H]1[C@@H](c2ccc3c(c2)OCO3)c2cc3c(cc2C[C@H]1C)OCO3. The third-order valence-electron chi connectivity index (χ3n) is 5.69. The zero-order valence-electron chi connectivity index (χ0n) is 13.9. The molecule has 1 aliphatic carbocycles. The molecule has 2 aromatic carbocycles. The summed E-state index contributed by atoms with van der Waals surface area (Å²) in [5.41, 5.74) is 4.00. The lowest BCUT2D eigenvalue weighted by atomic mass is 9.68. The molecular weight excluding hydrogens is 304 g/mol. The van der Waals surface area contributed by atoms with Gasteiger partial charge in [0.1, 0.15) is 0 Å². The van der Waals surface area contributed by atoms with E-state index in [-0.39, 0.29) is 0 Å². The van der Waals surface area contributed by atoms with Crippen LogP contribution in [0.4, 0.5) is 0 Å². The third-order valence-corrected chi connectivity index (χ3v) is 5.69. The average Bonchev–Trinajstić information content (AvgIpc) is 3.22. The lowest BCUT2D eigenvalue weighted by Gasteiger charge is -2.36. The Morgan fingerprint density at radius 3 is 2.25 bits per heavy atom. The number of ether oxygens (including phenoxy) is 4. The molecule has 0 spiro atoms. The van der Waals surface area contributed by atoms with E-state index in [2.05, 4.69) is 38.1 Å². The van der Waals surface area contributed by atoms with Crippen molar-refractivity contribution in [2.75, 3.05) is 13.6 Å². The highest BCUT2D eigenvalue weighted by molar-refractivity contribution is 5.55. The Bertz CT molecular complexity index is 814. The summed E-state index contributed by atoms with van der Waals surface area (Å²) in [6.45, 7) is 5.30. The normalized spacial score (nSPS) is 26.3. The van der Waals surface area contributed by atoms with Crippen LogP contribution >= 0.6 is 0 Å². The van der Waals surface area contributed by atoms with Gasteiger partial charge in [-0.2, -0.15) is 0 Å². The van der Waals surface area contributed by atoms with Crippen molar-refractivity contribution in [1.29, 1.82) is 0 Å². The van der Waals surface area contributed by atoms with Gasteiger partial charge in [-0.1, -0.05) is 19.9 Å². The molecule has 0 saturated heterocycles. The molecule has 0 amide bonds. The molecule has 24 heavy (non-hydrogen) atoms. The van der Waals surface area contributed by atoms with Crippen molar-refractivity contribution < 1.29 is 18.9 Å². The molecule has 124 valence electrons. The molecule has 2 heterocycles. The fourth-order valence-electron chi connectivity index (χ4n) is 4.20. The first-order valence-corrected chi connectivity index (χ1v) is 8.52. The van der Waals surface area contributed by atoms with Crippen LogP contribution in [0.5, 0.6) is 23.0 Å². The maximum Gasteiger partial charge on any atom is 0.231 e. The van der Waals surface area contributed by atoms with E-state index in [1.807, 2.05) is 6.07 Å². The largest absolute Gasteiger partial charge is 0.454 e. The molecular formula is C20H20O4. The summed E-state index contributed by atoms with van der Waals surface area (Å²) in [4.78, 5) is 0. The second-order valence-corrected chi connectivity index (χ2v) is 7.04. The molecule has 0 fully saturated rings. The number of fused-ring (bicyclic) bond motifs is 3. The van der Waals surface area contributed by atoms with E-state index in [4.69, 9.17) is 18.9 Å². The topological polar surface area (TPSA) is 36.9 Å². The minimum Gasteiger partial charge on any atom is -0.454 e. The van der Waals surface area contributed by atoms with E-state index in [1.165, 1.54) is 16.7 Å². The van der Waals surface area contributed by atoms with Gasteiger partial charge in [-0.15, -0.1) is 0 Å². The highest BCUT2D eigenvalue weighted by atomic mass is 16.7. The van der Waals surface area contributed by atoms with Gasteiger partial charge < -0.3 is 18.9 Å². The van der Waals surface area contributed by atoms with Gasteiger partial charge in [0.05, 0.1) is 0 Å². The number of hydrogen-bond acceptors (Lipinski definition) is 4. The van der Waals surface area contributed by atoms with E-state index in [0.717, 1.165) is 29.4 Å². The Hall–Kier alpha value is -2.36. The van der Waals surface area contributed by atoms with Gasteiger partial charge in [0, 0.05) is 5.92 Å². The van der Waals surface area contributed by atoms with Crippen molar-refractivity contribution in [3.63, 3.8) is 0 Å². The molecule has 3 atom stereocenters. The van der Waals surface area contributed by atoms with Crippen molar-refractivity contribution >= 4 is 0 Å². The molecule has 2 aromatic rings. The summed E-state index contributed by atoms with van der Waals surface area (Å²) >= 11 is 0. The minimum atomic E-state index is 0.310. The summed E-state index contributed by atoms with van der Waals surface area (Å²) in [5.74, 6) is 4.89. The van der Waals surface area contributed by atoms with E-state index in [9.17, 15) is 0 Å². The Morgan fingerprint density at radius 1 is 0.792 bits per heavy atom. The Morgan fingerprint density at radius 2 is 1.46 bits per heavy atom. The van der Waals surface area contributed by atoms with Gasteiger partial charge in [-0.25, -0.2) is 0 Å². The smallest absolute Gasteiger partial charge is 0.231 e. The molecule has 0 unspecified atom stereocenters. The first-order valence-electron chi connectivity index (χ1n) is 8.52. The van der Waals surface area contributed by atoms with Crippen LogP contribution in [-0.4, -0.2) is 13.6 Å². The number of rotatable bonds is 1. The third kappa shape index (κ3) is 1.98.